The van der Waals surface area contributed by atoms with Gasteiger partial charge in [-0.3, -0.25) is 9.78 Å². The van der Waals surface area contributed by atoms with Gasteiger partial charge in [-0.1, -0.05) is 30.3 Å². The van der Waals surface area contributed by atoms with Crippen LogP contribution in [0.4, 0.5) is 0 Å². The molecule has 1 aromatic heterocycles. The van der Waals surface area contributed by atoms with E-state index in [-0.39, 0.29) is 0 Å². The Labute approximate surface area is 116 Å². The van der Waals surface area contributed by atoms with Crippen LogP contribution in [-0.2, 0) is 0 Å². The highest BCUT2D eigenvalue weighted by Gasteiger charge is 2.08. The Morgan fingerprint density at radius 3 is 2.75 bits per heavy atom. The quantitative estimate of drug-likeness (QED) is 0.676. The number of hydrogen-bond acceptors (Lipinski definition) is 3. The number of nitrogens with zero attached hydrogens (tertiary/aromatic N) is 1. The molecule has 0 saturated heterocycles. The van der Waals surface area contributed by atoms with Crippen molar-refractivity contribution in [3.8, 4) is 16.9 Å². The number of methoxy groups -OCH3 is 1. The summed E-state index contributed by atoms with van der Waals surface area (Å²) in [4.78, 5) is 15.4. The second-order valence-electron chi connectivity index (χ2n) is 4.48. The SMILES string of the molecule is COc1ccc(-c2cncc3ccccc23)cc1C=O. The number of aromatic nitrogens is 1. The second kappa shape index (κ2) is 5.13. The lowest BCUT2D eigenvalue weighted by atomic mass is 9.99. The van der Waals surface area contributed by atoms with Crippen molar-refractivity contribution in [1.82, 2.24) is 4.98 Å². The highest BCUT2D eigenvalue weighted by molar-refractivity contribution is 5.96. The molecule has 1 heterocycles. The average molecular weight is 263 g/mol. The van der Waals surface area contributed by atoms with Gasteiger partial charge in [-0.25, -0.2) is 0 Å². The fourth-order valence-electron chi connectivity index (χ4n) is 2.34. The van der Waals surface area contributed by atoms with Crippen LogP contribution in [0.5, 0.6) is 5.75 Å². The van der Waals surface area contributed by atoms with Crippen molar-refractivity contribution in [2.24, 2.45) is 0 Å². The van der Waals surface area contributed by atoms with E-state index >= 15 is 0 Å². The smallest absolute Gasteiger partial charge is 0.153 e. The van der Waals surface area contributed by atoms with Crippen molar-refractivity contribution in [2.75, 3.05) is 7.11 Å². The number of fused-ring (bicyclic) bond motifs is 1. The van der Waals surface area contributed by atoms with Crippen molar-refractivity contribution in [1.29, 1.82) is 0 Å². The van der Waals surface area contributed by atoms with Gasteiger partial charge in [0.05, 0.1) is 12.7 Å². The molecule has 0 atom stereocenters. The van der Waals surface area contributed by atoms with Gasteiger partial charge in [-0.15, -0.1) is 0 Å². The summed E-state index contributed by atoms with van der Waals surface area (Å²) in [5, 5.41) is 2.19. The molecule has 3 nitrogen and oxygen atoms in total. The number of carbonyl (C=O) groups is 1. The molecule has 20 heavy (non-hydrogen) atoms. The fourth-order valence-corrected chi connectivity index (χ4v) is 2.34. The maximum absolute atomic E-state index is 11.1. The standard InChI is InChI=1S/C17H13NO2/c1-20-17-7-6-12(8-14(17)11-19)16-10-18-9-13-4-2-3-5-15(13)16/h2-11H,1H3. The largest absolute Gasteiger partial charge is 0.496 e. The van der Waals surface area contributed by atoms with Crippen LogP contribution in [0.1, 0.15) is 10.4 Å². The van der Waals surface area contributed by atoms with Crippen LogP contribution in [0.3, 0.4) is 0 Å². The number of ether oxygens (including phenoxy) is 1. The summed E-state index contributed by atoms with van der Waals surface area (Å²) in [5.74, 6) is 0.581. The molecule has 98 valence electrons. The molecule has 2 aromatic carbocycles. The lowest BCUT2D eigenvalue weighted by molar-refractivity contribution is 0.112. The Bertz CT molecular complexity index is 776. The van der Waals surface area contributed by atoms with Gasteiger partial charge in [0.2, 0.25) is 0 Å². The molecule has 0 unspecified atom stereocenters. The molecule has 0 aliphatic heterocycles. The molecular weight excluding hydrogens is 250 g/mol. The normalized spacial score (nSPS) is 10.4. The molecule has 0 N–H and O–H groups in total. The molecule has 0 fully saturated rings. The Balaban J connectivity index is 2.23. The number of rotatable bonds is 3. The Morgan fingerprint density at radius 2 is 1.95 bits per heavy atom. The van der Waals surface area contributed by atoms with E-state index in [1.54, 1.807) is 13.2 Å². The first-order valence-electron chi connectivity index (χ1n) is 6.30. The van der Waals surface area contributed by atoms with E-state index in [1.807, 2.05) is 42.7 Å². The molecule has 0 amide bonds. The first kappa shape index (κ1) is 12.4. The summed E-state index contributed by atoms with van der Waals surface area (Å²) >= 11 is 0. The monoisotopic (exact) mass is 263 g/mol. The van der Waals surface area contributed by atoms with Gasteiger partial charge in [0.1, 0.15) is 5.75 Å². The summed E-state index contributed by atoms with van der Waals surface area (Å²) in [6, 6.07) is 13.6. The van der Waals surface area contributed by atoms with E-state index in [0.29, 0.717) is 11.3 Å². The predicted octanol–water partition coefficient (Wildman–Crippen LogP) is 3.72. The Morgan fingerprint density at radius 1 is 1.10 bits per heavy atom. The van der Waals surface area contributed by atoms with E-state index in [4.69, 9.17) is 4.74 Å². The van der Waals surface area contributed by atoms with Gasteiger partial charge in [0.15, 0.2) is 6.29 Å². The van der Waals surface area contributed by atoms with Crippen LogP contribution in [0, 0.1) is 0 Å². The van der Waals surface area contributed by atoms with E-state index in [1.165, 1.54) is 0 Å². The predicted molar refractivity (Wildman–Crippen MR) is 79.1 cm³/mol. The summed E-state index contributed by atoms with van der Waals surface area (Å²) < 4.78 is 5.17. The van der Waals surface area contributed by atoms with E-state index in [2.05, 4.69) is 11.1 Å². The summed E-state index contributed by atoms with van der Waals surface area (Å²) in [6.45, 7) is 0. The lowest BCUT2D eigenvalue weighted by Gasteiger charge is -2.09. The summed E-state index contributed by atoms with van der Waals surface area (Å²) in [6.07, 6.45) is 4.46. The minimum Gasteiger partial charge on any atom is -0.496 e. The van der Waals surface area contributed by atoms with Crippen LogP contribution >= 0.6 is 0 Å². The minimum absolute atomic E-state index is 0.540. The van der Waals surface area contributed by atoms with Crippen molar-refractivity contribution in [2.45, 2.75) is 0 Å². The zero-order chi connectivity index (χ0) is 13.9. The molecule has 0 bridgehead atoms. The number of pyridine rings is 1. The summed E-state index contributed by atoms with van der Waals surface area (Å²) in [5.41, 5.74) is 2.50. The molecular formula is C17H13NO2. The third-order valence-electron chi connectivity index (χ3n) is 3.34. The minimum atomic E-state index is 0.540. The van der Waals surface area contributed by atoms with Crippen molar-refractivity contribution >= 4 is 17.1 Å². The third kappa shape index (κ3) is 2.03. The molecule has 0 radical (unpaired) electrons. The van der Waals surface area contributed by atoms with Crippen molar-refractivity contribution in [3.05, 3.63) is 60.4 Å². The first-order valence-corrected chi connectivity index (χ1v) is 6.30. The fraction of sp³-hybridized carbons (Fsp3) is 0.0588. The zero-order valence-corrected chi connectivity index (χ0v) is 11.0. The summed E-state index contributed by atoms with van der Waals surface area (Å²) in [7, 11) is 1.56. The number of benzene rings is 2. The number of hydrogen-bond donors (Lipinski definition) is 0. The van der Waals surface area contributed by atoms with Crippen molar-refractivity contribution < 1.29 is 9.53 Å². The maximum Gasteiger partial charge on any atom is 0.153 e. The van der Waals surface area contributed by atoms with Gasteiger partial charge in [-0.2, -0.15) is 0 Å². The highest BCUT2D eigenvalue weighted by atomic mass is 16.5. The van der Waals surface area contributed by atoms with Gasteiger partial charge in [0.25, 0.3) is 0 Å². The molecule has 0 saturated carbocycles. The number of aldehydes is 1. The van der Waals surface area contributed by atoms with Crippen molar-refractivity contribution in [3.63, 3.8) is 0 Å². The topological polar surface area (TPSA) is 39.2 Å². The molecule has 0 spiro atoms. The molecule has 3 rings (SSSR count). The third-order valence-corrected chi connectivity index (χ3v) is 3.34. The van der Waals surface area contributed by atoms with Gasteiger partial charge in [-0.05, 0) is 23.1 Å². The maximum atomic E-state index is 11.1. The van der Waals surface area contributed by atoms with Gasteiger partial charge < -0.3 is 4.74 Å². The van der Waals surface area contributed by atoms with Gasteiger partial charge >= 0.3 is 0 Å². The second-order valence-corrected chi connectivity index (χ2v) is 4.48. The van der Waals surface area contributed by atoms with E-state index in [9.17, 15) is 4.79 Å². The Kier molecular flexibility index (Phi) is 3.17. The van der Waals surface area contributed by atoms with Crippen LogP contribution in [0.2, 0.25) is 0 Å². The van der Waals surface area contributed by atoms with E-state index in [0.717, 1.165) is 28.2 Å². The molecule has 3 heteroatoms. The highest BCUT2D eigenvalue weighted by Crippen LogP contribution is 2.30. The van der Waals surface area contributed by atoms with E-state index < -0.39 is 0 Å². The first-order chi connectivity index (χ1) is 9.83. The Hall–Kier alpha value is -2.68. The lowest BCUT2D eigenvalue weighted by Crippen LogP contribution is -1.92. The van der Waals surface area contributed by atoms with Crippen LogP contribution in [-0.4, -0.2) is 18.4 Å². The van der Waals surface area contributed by atoms with Crippen LogP contribution in [0.25, 0.3) is 21.9 Å². The molecule has 0 aliphatic carbocycles. The average Bonchev–Trinajstić information content (AvgIpc) is 2.53. The van der Waals surface area contributed by atoms with Crippen LogP contribution in [0.15, 0.2) is 54.9 Å². The molecule has 3 aromatic rings. The van der Waals surface area contributed by atoms with Gasteiger partial charge in [0, 0.05) is 23.3 Å². The number of carbonyl (C=O) groups excluding carboxylic acids is 1. The molecule has 0 aliphatic rings. The zero-order valence-electron chi connectivity index (χ0n) is 11.0. The van der Waals surface area contributed by atoms with Crippen LogP contribution < -0.4 is 4.74 Å².